The fraction of sp³-hybridized carbons (Fsp3) is 0.0714. The van der Waals surface area contributed by atoms with E-state index >= 15 is 0 Å². The second-order valence-electron chi connectivity index (χ2n) is 4.69. The summed E-state index contributed by atoms with van der Waals surface area (Å²) in [6, 6.07) is 12.4. The lowest BCUT2D eigenvalue weighted by Crippen LogP contribution is -2.11. The van der Waals surface area contributed by atoms with Crippen molar-refractivity contribution in [3.63, 3.8) is 0 Å². The van der Waals surface area contributed by atoms with Crippen molar-refractivity contribution in [1.29, 1.82) is 0 Å². The highest BCUT2D eigenvalue weighted by Gasteiger charge is 2.11. The third-order valence-corrected chi connectivity index (χ3v) is 4.10. The summed E-state index contributed by atoms with van der Waals surface area (Å²) in [5, 5.41) is 13.4. The molecule has 0 saturated heterocycles. The number of hydrogen-bond donors (Lipinski definition) is 2. The molecule has 1 aromatic heterocycles. The first-order chi connectivity index (χ1) is 9.45. The fourth-order valence-corrected chi connectivity index (χ4v) is 2.67. The number of aryl methyl sites for hydroxylation is 1. The van der Waals surface area contributed by atoms with E-state index in [1.807, 2.05) is 25.1 Å². The zero-order valence-corrected chi connectivity index (χ0v) is 11.6. The lowest BCUT2D eigenvalue weighted by Gasteiger charge is -2.01. The Hall–Kier alpha value is -2.18. The van der Waals surface area contributed by atoms with Gasteiger partial charge in [-0.05, 0) is 30.7 Å². The number of fused-ring (bicyclic) bond motifs is 1. The van der Waals surface area contributed by atoms with Crippen LogP contribution in [-0.4, -0.2) is 18.6 Å². The van der Waals surface area contributed by atoms with Crippen LogP contribution in [0.2, 0.25) is 0 Å². The minimum absolute atomic E-state index is 0.0944. The summed E-state index contributed by atoms with van der Waals surface area (Å²) in [7, 11) is -3.66. The van der Waals surface area contributed by atoms with Crippen molar-refractivity contribution in [1.82, 2.24) is 10.2 Å². The molecule has 0 amide bonds. The Balaban J connectivity index is 2.12. The Morgan fingerprint density at radius 1 is 1.10 bits per heavy atom. The predicted molar refractivity (Wildman–Crippen MR) is 77.6 cm³/mol. The van der Waals surface area contributed by atoms with Crippen LogP contribution in [0.1, 0.15) is 5.56 Å². The summed E-state index contributed by atoms with van der Waals surface area (Å²) >= 11 is 0. The van der Waals surface area contributed by atoms with Crippen LogP contribution >= 0.6 is 0 Å². The highest BCUT2D eigenvalue weighted by molar-refractivity contribution is 7.89. The standard InChI is InChI=1S/C14H13N3O2S/c1-9-2-7-12-13(8-9)16-17-14(12)10-3-5-11(6-4-10)20(15,18)19/h2-8H,1H3,(H,16,17)(H2,15,18,19). The van der Waals surface area contributed by atoms with Gasteiger partial charge in [0.05, 0.1) is 16.1 Å². The molecule has 20 heavy (non-hydrogen) atoms. The molecular formula is C14H13N3O2S. The number of hydrogen-bond acceptors (Lipinski definition) is 3. The first kappa shape index (κ1) is 12.8. The molecule has 3 N–H and O–H groups in total. The molecule has 5 nitrogen and oxygen atoms in total. The Morgan fingerprint density at radius 3 is 2.45 bits per heavy atom. The van der Waals surface area contributed by atoms with Crippen molar-refractivity contribution in [2.75, 3.05) is 0 Å². The number of H-pyrrole nitrogens is 1. The van der Waals surface area contributed by atoms with Crippen LogP contribution in [0.3, 0.4) is 0 Å². The van der Waals surface area contributed by atoms with E-state index in [4.69, 9.17) is 5.14 Å². The highest BCUT2D eigenvalue weighted by atomic mass is 32.2. The van der Waals surface area contributed by atoms with Crippen molar-refractivity contribution in [3.8, 4) is 11.3 Å². The Labute approximate surface area is 116 Å². The quantitative estimate of drug-likeness (QED) is 0.757. The smallest absolute Gasteiger partial charge is 0.238 e. The van der Waals surface area contributed by atoms with E-state index in [1.54, 1.807) is 12.1 Å². The number of rotatable bonds is 2. The number of nitrogens with two attached hydrogens (primary N) is 1. The molecule has 0 fully saturated rings. The maximum Gasteiger partial charge on any atom is 0.238 e. The van der Waals surface area contributed by atoms with E-state index in [0.717, 1.165) is 27.7 Å². The van der Waals surface area contributed by atoms with Crippen molar-refractivity contribution >= 4 is 20.9 Å². The molecule has 0 aliphatic heterocycles. The van der Waals surface area contributed by atoms with Crippen LogP contribution in [0.5, 0.6) is 0 Å². The van der Waals surface area contributed by atoms with Crippen LogP contribution in [0, 0.1) is 6.92 Å². The fourth-order valence-electron chi connectivity index (χ4n) is 2.16. The molecule has 0 radical (unpaired) electrons. The monoisotopic (exact) mass is 287 g/mol. The van der Waals surface area contributed by atoms with Gasteiger partial charge in [-0.3, -0.25) is 5.10 Å². The second-order valence-corrected chi connectivity index (χ2v) is 6.25. The van der Waals surface area contributed by atoms with Crippen LogP contribution in [0.4, 0.5) is 0 Å². The van der Waals surface area contributed by atoms with Gasteiger partial charge >= 0.3 is 0 Å². The van der Waals surface area contributed by atoms with E-state index in [0.29, 0.717) is 0 Å². The first-order valence-electron chi connectivity index (χ1n) is 6.03. The van der Waals surface area contributed by atoms with E-state index < -0.39 is 10.0 Å². The Kier molecular flexibility index (Phi) is 2.84. The molecule has 0 aliphatic carbocycles. The van der Waals surface area contributed by atoms with Crippen LogP contribution in [0.15, 0.2) is 47.4 Å². The number of nitrogens with zero attached hydrogens (tertiary/aromatic N) is 1. The maximum absolute atomic E-state index is 11.2. The van der Waals surface area contributed by atoms with Crippen molar-refractivity contribution in [3.05, 3.63) is 48.0 Å². The first-order valence-corrected chi connectivity index (χ1v) is 7.58. The van der Waals surface area contributed by atoms with Gasteiger partial charge in [0, 0.05) is 10.9 Å². The third kappa shape index (κ3) is 2.19. The summed E-state index contributed by atoms with van der Waals surface area (Å²) in [5.74, 6) is 0. The average Bonchev–Trinajstić information content (AvgIpc) is 2.80. The molecule has 6 heteroatoms. The largest absolute Gasteiger partial charge is 0.277 e. The highest BCUT2D eigenvalue weighted by Crippen LogP contribution is 2.27. The molecule has 0 spiro atoms. The van der Waals surface area contributed by atoms with Gasteiger partial charge in [-0.15, -0.1) is 0 Å². The van der Waals surface area contributed by atoms with Gasteiger partial charge in [0.15, 0.2) is 0 Å². The summed E-state index contributed by atoms with van der Waals surface area (Å²) < 4.78 is 22.5. The summed E-state index contributed by atoms with van der Waals surface area (Å²) in [6.07, 6.45) is 0. The molecular weight excluding hydrogens is 274 g/mol. The predicted octanol–water partition coefficient (Wildman–Crippen LogP) is 2.19. The van der Waals surface area contributed by atoms with Gasteiger partial charge in [-0.25, -0.2) is 13.6 Å². The van der Waals surface area contributed by atoms with Crippen LogP contribution < -0.4 is 5.14 Å². The lowest BCUT2D eigenvalue weighted by molar-refractivity contribution is 0.598. The lowest BCUT2D eigenvalue weighted by atomic mass is 10.1. The van der Waals surface area contributed by atoms with Crippen molar-refractivity contribution in [2.45, 2.75) is 11.8 Å². The molecule has 0 atom stereocenters. The number of aromatic nitrogens is 2. The molecule has 0 saturated carbocycles. The van der Waals surface area contributed by atoms with E-state index in [9.17, 15) is 8.42 Å². The van der Waals surface area contributed by atoms with E-state index in [2.05, 4.69) is 10.2 Å². The average molecular weight is 287 g/mol. The maximum atomic E-state index is 11.2. The molecule has 102 valence electrons. The third-order valence-electron chi connectivity index (χ3n) is 3.17. The number of primary sulfonamides is 1. The molecule has 2 aromatic carbocycles. The Morgan fingerprint density at radius 2 is 1.80 bits per heavy atom. The molecule has 3 rings (SSSR count). The van der Waals surface area contributed by atoms with Crippen LogP contribution in [0.25, 0.3) is 22.2 Å². The van der Waals surface area contributed by atoms with E-state index in [1.165, 1.54) is 12.1 Å². The Bertz CT molecular complexity index is 880. The van der Waals surface area contributed by atoms with Gasteiger partial charge in [0.2, 0.25) is 10.0 Å². The minimum Gasteiger partial charge on any atom is -0.277 e. The van der Waals surface area contributed by atoms with Gasteiger partial charge < -0.3 is 0 Å². The molecule has 1 heterocycles. The van der Waals surface area contributed by atoms with Gasteiger partial charge in [0.25, 0.3) is 0 Å². The SMILES string of the molecule is Cc1ccc2c(-c3ccc(S(N)(=O)=O)cc3)n[nH]c2c1. The zero-order valence-electron chi connectivity index (χ0n) is 10.8. The summed E-state index contributed by atoms with van der Waals surface area (Å²) in [6.45, 7) is 2.01. The zero-order chi connectivity index (χ0) is 14.3. The topological polar surface area (TPSA) is 88.8 Å². The number of aromatic amines is 1. The van der Waals surface area contributed by atoms with E-state index in [-0.39, 0.29) is 4.90 Å². The summed E-state index contributed by atoms with van der Waals surface area (Å²) in [5.41, 5.74) is 3.74. The molecule has 0 aliphatic rings. The number of benzene rings is 2. The molecule has 3 aromatic rings. The van der Waals surface area contributed by atoms with Crippen molar-refractivity contribution in [2.24, 2.45) is 5.14 Å². The minimum atomic E-state index is -3.66. The summed E-state index contributed by atoms with van der Waals surface area (Å²) in [4.78, 5) is 0.0944. The molecule has 0 unspecified atom stereocenters. The van der Waals surface area contributed by atoms with Gasteiger partial charge in [-0.1, -0.05) is 24.3 Å². The normalized spacial score (nSPS) is 11.9. The second kappa shape index (κ2) is 4.43. The van der Waals surface area contributed by atoms with Crippen LogP contribution in [-0.2, 0) is 10.0 Å². The number of sulfonamides is 1. The van der Waals surface area contributed by atoms with Gasteiger partial charge in [-0.2, -0.15) is 5.10 Å². The number of nitrogens with one attached hydrogen (secondary N) is 1. The van der Waals surface area contributed by atoms with Gasteiger partial charge in [0.1, 0.15) is 0 Å². The molecule has 0 bridgehead atoms. The van der Waals surface area contributed by atoms with Crippen molar-refractivity contribution < 1.29 is 8.42 Å².